The fourth-order valence-corrected chi connectivity index (χ4v) is 3.14. The number of hydrogen-bond acceptors (Lipinski definition) is 5. The SMILES string of the molecule is CCOCC1CCN(c2nc(-c3cccnc3)nc(C)c2C)CC1. The number of aromatic nitrogens is 3. The second-order valence-electron chi connectivity index (χ2n) is 6.41. The number of nitrogens with zero attached hydrogens (tertiary/aromatic N) is 4. The predicted molar refractivity (Wildman–Crippen MR) is 96.2 cm³/mol. The molecule has 3 heterocycles. The number of piperidine rings is 1. The van der Waals surface area contributed by atoms with E-state index in [2.05, 4.69) is 35.6 Å². The van der Waals surface area contributed by atoms with Gasteiger partial charge in [0.25, 0.3) is 0 Å². The Labute approximate surface area is 144 Å². The second kappa shape index (κ2) is 7.71. The van der Waals surface area contributed by atoms with E-state index in [-0.39, 0.29) is 0 Å². The highest BCUT2D eigenvalue weighted by molar-refractivity contribution is 5.59. The van der Waals surface area contributed by atoms with Gasteiger partial charge in [0.1, 0.15) is 5.82 Å². The van der Waals surface area contributed by atoms with Crippen LogP contribution in [0.5, 0.6) is 0 Å². The van der Waals surface area contributed by atoms with E-state index < -0.39 is 0 Å². The monoisotopic (exact) mass is 326 g/mol. The van der Waals surface area contributed by atoms with Crippen molar-refractivity contribution in [3.8, 4) is 11.4 Å². The number of aryl methyl sites for hydroxylation is 1. The molecule has 128 valence electrons. The zero-order valence-electron chi connectivity index (χ0n) is 14.8. The van der Waals surface area contributed by atoms with E-state index in [4.69, 9.17) is 9.72 Å². The third-order valence-corrected chi connectivity index (χ3v) is 4.76. The van der Waals surface area contributed by atoms with Crippen LogP contribution < -0.4 is 4.90 Å². The highest BCUT2D eigenvalue weighted by Crippen LogP contribution is 2.28. The van der Waals surface area contributed by atoms with Gasteiger partial charge in [-0.1, -0.05) is 0 Å². The van der Waals surface area contributed by atoms with Gasteiger partial charge in [-0.25, -0.2) is 9.97 Å². The van der Waals surface area contributed by atoms with Crippen molar-refractivity contribution < 1.29 is 4.74 Å². The number of ether oxygens (including phenoxy) is 1. The smallest absolute Gasteiger partial charge is 0.163 e. The van der Waals surface area contributed by atoms with Crippen molar-refractivity contribution in [2.45, 2.75) is 33.6 Å². The predicted octanol–water partition coefficient (Wildman–Crippen LogP) is 3.41. The van der Waals surface area contributed by atoms with Gasteiger partial charge in [0.05, 0.1) is 0 Å². The van der Waals surface area contributed by atoms with Gasteiger partial charge in [-0.15, -0.1) is 0 Å². The standard InChI is InChI=1S/C19H26N4O/c1-4-24-13-16-7-10-23(11-8-16)19-14(2)15(3)21-18(22-19)17-6-5-9-20-12-17/h5-6,9,12,16H,4,7-8,10-11,13H2,1-3H3. The maximum atomic E-state index is 5.58. The first-order valence-electron chi connectivity index (χ1n) is 8.77. The van der Waals surface area contributed by atoms with Gasteiger partial charge in [0.15, 0.2) is 5.82 Å². The number of rotatable bonds is 5. The fraction of sp³-hybridized carbons (Fsp3) is 0.526. The van der Waals surface area contributed by atoms with Crippen molar-refractivity contribution in [3.05, 3.63) is 35.8 Å². The summed E-state index contributed by atoms with van der Waals surface area (Å²) in [6.07, 6.45) is 5.91. The van der Waals surface area contributed by atoms with Gasteiger partial charge >= 0.3 is 0 Å². The Hall–Kier alpha value is -2.01. The summed E-state index contributed by atoms with van der Waals surface area (Å²) in [4.78, 5) is 16.1. The molecule has 24 heavy (non-hydrogen) atoms. The Kier molecular flexibility index (Phi) is 5.41. The first kappa shape index (κ1) is 16.8. The van der Waals surface area contributed by atoms with Crippen LogP contribution in [0.1, 0.15) is 31.0 Å². The summed E-state index contributed by atoms with van der Waals surface area (Å²) in [5.41, 5.74) is 3.18. The maximum absolute atomic E-state index is 5.58. The van der Waals surface area contributed by atoms with Crippen molar-refractivity contribution in [1.82, 2.24) is 15.0 Å². The Balaban J connectivity index is 1.80. The van der Waals surface area contributed by atoms with Crippen LogP contribution in [0, 0.1) is 19.8 Å². The average Bonchev–Trinajstić information content (AvgIpc) is 2.63. The molecule has 0 aliphatic carbocycles. The molecule has 1 aliphatic heterocycles. The Morgan fingerprint density at radius 2 is 2.00 bits per heavy atom. The van der Waals surface area contributed by atoms with Gasteiger partial charge in [0, 0.05) is 55.5 Å². The van der Waals surface area contributed by atoms with E-state index >= 15 is 0 Å². The zero-order valence-corrected chi connectivity index (χ0v) is 14.8. The normalized spacial score (nSPS) is 15.7. The molecule has 0 N–H and O–H groups in total. The van der Waals surface area contributed by atoms with Crippen molar-refractivity contribution in [1.29, 1.82) is 0 Å². The Bertz CT molecular complexity index is 667. The first-order valence-corrected chi connectivity index (χ1v) is 8.77. The molecule has 0 aromatic carbocycles. The van der Waals surface area contributed by atoms with E-state index in [0.29, 0.717) is 5.92 Å². The minimum absolute atomic E-state index is 0.669. The average molecular weight is 326 g/mol. The molecule has 5 heteroatoms. The van der Waals surface area contributed by atoms with Gasteiger partial charge in [-0.2, -0.15) is 0 Å². The number of hydrogen-bond donors (Lipinski definition) is 0. The lowest BCUT2D eigenvalue weighted by Crippen LogP contribution is -2.36. The van der Waals surface area contributed by atoms with E-state index in [9.17, 15) is 0 Å². The molecule has 1 fully saturated rings. The van der Waals surface area contributed by atoms with Crippen LogP contribution in [0.3, 0.4) is 0 Å². The van der Waals surface area contributed by atoms with E-state index in [1.54, 1.807) is 6.20 Å². The minimum Gasteiger partial charge on any atom is -0.381 e. The van der Waals surface area contributed by atoms with Gasteiger partial charge in [-0.05, 0) is 51.7 Å². The highest BCUT2D eigenvalue weighted by Gasteiger charge is 2.23. The Morgan fingerprint density at radius 3 is 2.67 bits per heavy atom. The van der Waals surface area contributed by atoms with Crippen LogP contribution in [0.25, 0.3) is 11.4 Å². The van der Waals surface area contributed by atoms with Gasteiger partial charge in [-0.3, -0.25) is 4.98 Å². The molecule has 0 unspecified atom stereocenters. The molecular weight excluding hydrogens is 300 g/mol. The summed E-state index contributed by atoms with van der Waals surface area (Å²) >= 11 is 0. The molecule has 0 saturated carbocycles. The quantitative estimate of drug-likeness (QED) is 0.843. The number of anilines is 1. The van der Waals surface area contributed by atoms with E-state index in [1.807, 2.05) is 18.3 Å². The fourth-order valence-electron chi connectivity index (χ4n) is 3.14. The molecule has 3 rings (SSSR count). The van der Waals surface area contributed by atoms with Gasteiger partial charge < -0.3 is 9.64 Å². The minimum atomic E-state index is 0.669. The third kappa shape index (κ3) is 3.73. The van der Waals surface area contributed by atoms with Crippen LogP contribution in [0.15, 0.2) is 24.5 Å². The largest absolute Gasteiger partial charge is 0.381 e. The molecule has 5 nitrogen and oxygen atoms in total. The molecule has 1 aliphatic rings. The topological polar surface area (TPSA) is 51.1 Å². The van der Waals surface area contributed by atoms with Crippen molar-refractivity contribution in [2.75, 3.05) is 31.2 Å². The van der Waals surface area contributed by atoms with Crippen molar-refractivity contribution >= 4 is 5.82 Å². The van der Waals surface area contributed by atoms with Crippen LogP contribution >= 0.6 is 0 Å². The summed E-state index contributed by atoms with van der Waals surface area (Å²) in [5.74, 6) is 2.50. The molecular formula is C19H26N4O. The molecule has 1 saturated heterocycles. The molecule has 2 aromatic heterocycles. The molecule has 0 amide bonds. The summed E-state index contributed by atoms with van der Waals surface area (Å²) in [6.45, 7) is 9.98. The summed E-state index contributed by atoms with van der Waals surface area (Å²) in [5, 5.41) is 0. The van der Waals surface area contributed by atoms with Crippen molar-refractivity contribution in [3.63, 3.8) is 0 Å². The highest BCUT2D eigenvalue weighted by atomic mass is 16.5. The summed E-state index contributed by atoms with van der Waals surface area (Å²) < 4.78 is 5.58. The van der Waals surface area contributed by atoms with Crippen molar-refractivity contribution in [2.24, 2.45) is 5.92 Å². The zero-order chi connectivity index (χ0) is 16.9. The van der Waals surface area contributed by atoms with Gasteiger partial charge in [0.2, 0.25) is 0 Å². The van der Waals surface area contributed by atoms with Crippen LogP contribution in [-0.4, -0.2) is 41.3 Å². The van der Waals surface area contributed by atoms with Crippen LogP contribution in [0.2, 0.25) is 0 Å². The molecule has 0 atom stereocenters. The summed E-state index contributed by atoms with van der Waals surface area (Å²) in [7, 11) is 0. The van der Waals surface area contributed by atoms with Crippen LogP contribution in [0.4, 0.5) is 5.82 Å². The summed E-state index contributed by atoms with van der Waals surface area (Å²) in [6, 6.07) is 3.93. The van der Waals surface area contributed by atoms with E-state index in [1.165, 1.54) is 5.56 Å². The Morgan fingerprint density at radius 1 is 1.21 bits per heavy atom. The van der Waals surface area contributed by atoms with Crippen LogP contribution in [-0.2, 0) is 4.74 Å². The molecule has 0 spiro atoms. The lowest BCUT2D eigenvalue weighted by atomic mass is 9.97. The second-order valence-corrected chi connectivity index (χ2v) is 6.41. The molecule has 0 radical (unpaired) electrons. The first-order chi connectivity index (χ1) is 11.7. The lowest BCUT2D eigenvalue weighted by molar-refractivity contribution is 0.100. The lowest BCUT2D eigenvalue weighted by Gasteiger charge is -2.33. The molecule has 0 bridgehead atoms. The van der Waals surface area contributed by atoms with E-state index in [0.717, 1.165) is 62.0 Å². The molecule has 2 aromatic rings. The maximum Gasteiger partial charge on any atom is 0.163 e. The number of pyridine rings is 1. The third-order valence-electron chi connectivity index (χ3n) is 4.76.